The summed E-state index contributed by atoms with van der Waals surface area (Å²) >= 11 is 0. The van der Waals surface area contributed by atoms with Crippen LogP contribution in [-0.4, -0.2) is 19.6 Å². The van der Waals surface area contributed by atoms with Crippen molar-refractivity contribution in [3.8, 4) is 0 Å². The number of esters is 1. The van der Waals surface area contributed by atoms with Gasteiger partial charge in [0.15, 0.2) is 0 Å². The molecule has 0 fully saturated rings. The molecule has 1 N–H and O–H groups in total. The van der Waals surface area contributed by atoms with Crippen molar-refractivity contribution < 1.29 is 9.53 Å². The number of carbonyl (C=O) groups excluding carboxylic acids is 1. The van der Waals surface area contributed by atoms with E-state index < -0.39 is 0 Å². The molecule has 0 aromatic rings. The molecule has 0 bridgehead atoms. The molecule has 0 aliphatic carbocycles. The van der Waals surface area contributed by atoms with E-state index in [9.17, 15) is 4.79 Å². The molecule has 3 nitrogen and oxygen atoms in total. The van der Waals surface area contributed by atoms with E-state index in [2.05, 4.69) is 10.1 Å². The Bertz CT molecular complexity index is 165. The van der Waals surface area contributed by atoms with Gasteiger partial charge in [0, 0.05) is 19.0 Å². The predicted octanol–water partition coefficient (Wildman–Crippen LogP) is 0.487. The Morgan fingerprint density at radius 2 is 2.64 bits per heavy atom. The standard InChI is InChI=1S/C8H12NO2/c1-11-8(10)5-7-3-2-4-9-6-7/h2-3,6-7,9H,4-5H2,1H3. The van der Waals surface area contributed by atoms with E-state index in [-0.39, 0.29) is 11.9 Å². The summed E-state index contributed by atoms with van der Waals surface area (Å²) < 4.78 is 4.53. The summed E-state index contributed by atoms with van der Waals surface area (Å²) in [7, 11) is 1.41. The first-order chi connectivity index (χ1) is 5.33. The Kier molecular flexibility index (Phi) is 3.11. The lowest BCUT2D eigenvalue weighted by atomic mass is 10.0. The zero-order valence-electron chi connectivity index (χ0n) is 6.54. The minimum atomic E-state index is -0.167. The van der Waals surface area contributed by atoms with Crippen LogP contribution in [0.1, 0.15) is 6.42 Å². The normalized spacial score (nSPS) is 23.2. The van der Waals surface area contributed by atoms with E-state index in [1.807, 2.05) is 18.7 Å². The minimum absolute atomic E-state index is 0.167. The van der Waals surface area contributed by atoms with Gasteiger partial charge in [-0.1, -0.05) is 12.2 Å². The second kappa shape index (κ2) is 4.13. The Balaban J connectivity index is 2.30. The Labute approximate surface area is 66.4 Å². The van der Waals surface area contributed by atoms with Crippen molar-refractivity contribution in [2.45, 2.75) is 6.42 Å². The number of nitrogens with one attached hydrogen (secondary N) is 1. The third-order valence-electron chi connectivity index (χ3n) is 1.58. The highest BCUT2D eigenvalue weighted by Gasteiger charge is 2.12. The highest BCUT2D eigenvalue weighted by Crippen LogP contribution is 2.10. The maximum atomic E-state index is 10.8. The number of rotatable bonds is 2. The smallest absolute Gasteiger partial charge is 0.306 e. The third kappa shape index (κ3) is 2.72. The molecule has 0 aromatic heterocycles. The molecule has 11 heavy (non-hydrogen) atoms. The van der Waals surface area contributed by atoms with Crippen molar-refractivity contribution in [1.29, 1.82) is 0 Å². The van der Waals surface area contributed by atoms with Crippen LogP contribution in [0.25, 0.3) is 0 Å². The predicted molar refractivity (Wildman–Crippen MR) is 41.6 cm³/mol. The van der Waals surface area contributed by atoms with Crippen LogP contribution in [0.5, 0.6) is 0 Å². The third-order valence-corrected chi connectivity index (χ3v) is 1.58. The Hall–Kier alpha value is -0.830. The lowest BCUT2D eigenvalue weighted by Crippen LogP contribution is -2.22. The summed E-state index contributed by atoms with van der Waals surface area (Å²) in [5.41, 5.74) is 0. The molecule has 1 aliphatic heterocycles. The number of hydrogen-bond acceptors (Lipinski definition) is 3. The van der Waals surface area contributed by atoms with Crippen LogP contribution in [0.4, 0.5) is 0 Å². The van der Waals surface area contributed by atoms with Gasteiger partial charge in [0.25, 0.3) is 0 Å². The molecule has 3 heteroatoms. The lowest BCUT2D eigenvalue weighted by molar-refractivity contribution is -0.141. The van der Waals surface area contributed by atoms with Crippen LogP contribution in [0.2, 0.25) is 0 Å². The summed E-state index contributed by atoms with van der Waals surface area (Å²) in [5.74, 6) is 0.0239. The summed E-state index contributed by atoms with van der Waals surface area (Å²) in [6.45, 7) is 2.77. The van der Waals surface area contributed by atoms with Gasteiger partial charge in [0.1, 0.15) is 0 Å². The zero-order valence-corrected chi connectivity index (χ0v) is 6.54. The van der Waals surface area contributed by atoms with E-state index in [0.29, 0.717) is 6.42 Å². The first-order valence-corrected chi connectivity index (χ1v) is 3.63. The van der Waals surface area contributed by atoms with Crippen molar-refractivity contribution >= 4 is 5.97 Å². The van der Waals surface area contributed by atoms with Gasteiger partial charge in [0.2, 0.25) is 0 Å². The van der Waals surface area contributed by atoms with E-state index >= 15 is 0 Å². The number of hydrogen-bond donors (Lipinski definition) is 1. The van der Waals surface area contributed by atoms with E-state index in [4.69, 9.17) is 0 Å². The fourth-order valence-corrected chi connectivity index (χ4v) is 0.989. The molecule has 0 saturated carbocycles. The summed E-state index contributed by atoms with van der Waals surface area (Å²) in [6, 6.07) is 0. The molecule has 1 heterocycles. The van der Waals surface area contributed by atoms with E-state index in [0.717, 1.165) is 6.54 Å². The largest absolute Gasteiger partial charge is 0.469 e. The molecule has 1 aliphatic rings. The SMILES string of the molecule is COC(=O)CC1[CH]NCC=C1. The lowest BCUT2D eigenvalue weighted by Gasteiger charge is -2.14. The van der Waals surface area contributed by atoms with Crippen LogP contribution in [0.15, 0.2) is 12.2 Å². The quantitative estimate of drug-likeness (QED) is 0.464. The first-order valence-electron chi connectivity index (χ1n) is 3.63. The van der Waals surface area contributed by atoms with Crippen LogP contribution in [-0.2, 0) is 9.53 Å². The molecule has 0 aromatic carbocycles. The molecular formula is C8H12NO2. The van der Waals surface area contributed by atoms with Crippen LogP contribution in [0.3, 0.4) is 0 Å². The van der Waals surface area contributed by atoms with Gasteiger partial charge in [-0.05, 0) is 0 Å². The molecule has 1 radical (unpaired) electrons. The van der Waals surface area contributed by atoms with Gasteiger partial charge in [0.05, 0.1) is 13.5 Å². The summed E-state index contributed by atoms with van der Waals surface area (Å²) in [4.78, 5) is 10.8. The average Bonchev–Trinajstić information content (AvgIpc) is 2.06. The fraction of sp³-hybridized carbons (Fsp3) is 0.500. The number of methoxy groups -OCH3 is 1. The van der Waals surface area contributed by atoms with Crippen molar-refractivity contribution in [3.63, 3.8) is 0 Å². The maximum absolute atomic E-state index is 10.8. The van der Waals surface area contributed by atoms with Gasteiger partial charge in [-0.15, -0.1) is 0 Å². The van der Waals surface area contributed by atoms with Crippen molar-refractivity contribution in [2.75, 3.05) is 13.7 Å². The number of ether oxygens (including phenoxy) is 1. The highest BCUT2D eigenvalue weighted by molar-refractivity contribution is 5.70. The molecule has 0 amide bonds. The summed E-state index contributed by atoms with van der Waals surface area (Å²) in [6.07, 6.45) is 4.45. The maximum Gasteiger partial charge on any atom is 0.306 e. The molecule has 0 spiro atoms. The highest BCUT2D eigenvalue weighted by atomic mass is 16.5. The molecular weight excluding hydrogens is 142 g/mol. The topological polar surface area (TPSA) is 38.3 Å². The number of carbonyl (C=O) groups is 1. The first kappa shape index (κ1) is 8.27. The van der Waals surface area contributed by atoms with Crippen LogP contribution in [0, 0.1) is 12.5 Å². The van der Waals surface area contributed by atoms with Crippen molar-refractivity contribution in [1.82, 2.24) is 5.32 Å². The molecule has 1 rings (SSSR count). The molecule has 1 unspecified atom stereocenters. The van der Waals surface area contributed by atoms with Gasteiger partial charge < -0.3 is 10.1 Å². The summed E-state index contributed by atoms with van der Waals surface area (Å²) in [5, 5.41) is 3.04. The van der Waals surface area contributed by atoms with E-state index in [1.54, 1.807) is 0 Å². The Morgan fingerprint density at radius 1 is 1.82 bits per heavy atom. The minimum Gasteiger partial charge on any atom is -0.469 e. The molecule has 61 valence electrons. The van der Waals surface area contributed by atoms with Crippen molar-refractivity contribution in [2.24, 2.45) is 5.92 Å². The Morgan fingerprint density at radius 3 is 3.18 bits per heavy atom. The van der Waals surface area contributed by atoms with Gasteiger partial charge in [-0.25, -0.2) is 0 Å². The van der Waals surface area contributed by atoms with Gasteiger partial charge in [-0.3, -0.25) is 4.79 Å². The second-order valence-electron chi connectivity index (χ2n) is 2.45. The molecule has 1 atom stereocenters. The van der Waals surface area contributed by atoms with Gasteiger partial charge in [-0.2, -0.15) is 0 Å². The second-order valence-corrected chi connectivity index (χ2v) is 2.45. The van der Waals surface area contributed by atoms with Crippen LogP contribution < -0.4 is 5.32 Å². The van der Waals surface area contributed by atoms with E-state index in [1.165, 1.54) is 7.11 Å². The monoisotopic (exact) mass is 154 g/mol. The zero-order chi connectivity index (χ0) is 8.10. The fourth-order valence-electron chi connectivity index (χ4n) is 0.989. The average molecular weight is 154 g/mol. The van der Waals surface area contributed by atoms with Crippen LogP contribution >= 0.6 is 0 Å². The van der Waals surface area contributed by atoms with Gasteiger partial charge >= 0.3 is 5.97 Å². The van der Waals surface area contributed by atoms with Crippen molar-refractivity contribution in [3.05, 3.63) is 18.7 Å². The molecule has 0 saturated heterocycles.